The Kier molecular flexibility index (Phi) is 6.44. The van der Waals surface area contributed by atoms with Crippen LogP contribution in [-0.2, 0) is 16.0 Å². The first-order chi connectivity index (χ1) is 11.1. The van der Waals surface area contributed by atoms with E-state index >= 15 is 0 Å². The summed E-state index contributed by atoms with van der Waals surface area (Å²) < 4.78 is 4.93. The molecule has 23 heavy (non-hydrogen) atoms. The van der Waals surface area contributed by atoms with E-state index in [0.717, 1.165) is 5.56 Å². The molecule has 120 valence electrons. The predicted octanol–water partition coefficient (Wildman–Crippen LogP) is 3.51. The minimum Gasteiger partial charge on any atom is -0.452 e. The topological polar surface area (TPSA) is 55.4 Å². The summed E-state index contributed by atoms with van der Waals surface area (Å²) in [6, 6.07) is 14.4. The lowest BCUT2D eigenvalue weighted by molar-refractivity contribution is -0.124. The summed E-state index contributed by atoms with van der Waals surface area (Å²) in [7, 11) is 0. The van der Waals surface area contributed by atoms with Gasteiger partial charge < -0.3 is 10.1 Å². The van der Waals surface area contributed by atoms with Gasteiger partial charge in [0.1, 0.15) is 0 Å². The molecule has 0 unspecified atom stereocenters. The molecular formula is C17H15Cl2NO3. The molecular weight excluding hydrogens is 337 g/mol. The van der Waals surface area contributed by atoms with Gasteiger partial charge >= 0.3 is 5.97 Å². The molecule has 6 heteroatoms. The van der Waals surface area contributed by atoms with Gasteiger partial charge in [-0.1, -0.05) is 59.6 Å². The van der Waals surface area contributed by atoms with Crippen LogP contribution in [0.15, 0.2) is 48.5 Å². The van der Waals surface area contributed by atoms with E-state index in [1.807, 2.05) is 30.3 Å². The SMILES string of the molecule is O=C(COC(=O)c1c(Cl)cccc1Cl)NCCc1ccccc1. The second-order valence-electron chi connectivity index (χ2n) is 4.76. The van der Waals surface area contributed by atoms with E-state index < -0.39 is 5.97 Å². The van der Waals surface area contributed by atoms with Gasteiger partial charge in [0.25, 0.3) is 5.91 Å². The number of ether oxygens (including phenoxy) is 1. The molecule has 1 N–H and O–H groups in total. The van der Waals surface area contributed by atoms with Crippen LogP contribution in [-0.4, -0.2) is 25.0 Å². The molecule has 0 atom stereocenters. The molecule has 0 saturated heterocycles. The molecule has 2 aromatic rings. The number of nitrogens with one attached hydrogen (secondary N) is 1. The Labute approximate surface area is 144 Å². The molecule has 0 spiro atoms. The summed E-state index contributed by atoms with van der Waals surface area (Å²) in [4.78, 5) is 23.6. The van der Waals surface area contributed by atoms with E-state index in [-0.39, 0.29) is 28.1 Å². The van der Waals surface area contributed by atoms with Crippen molar-refractivity contribution >= 4 is 35.1 Å². The highest BCUT2D eigenvalue weighted by molar-refractivity contribution is 6.39. The third-order valence-electron chi connectivity index (χ3n) is 3.08. The van der Waals surface area contributed by atoms with Crippen LogP contribution in [0, 0.1) is 0 Å². The van der Waals surface area contributed by atoms with E-state index in [4.69, 9.17) is 27.9 Å². The lowest BCUT2D eigenvalue weighted by atomic mass is 10.1. The van der Waals surface area contributed by atoms with Gasteiger partial charge in [0.05, 0.1) is 15.6 Å². The van der Waals surface area contributed by atoms with Crippen LogP contribution in [0.5, 0.6) is 0 Å². The molecule has 4 nitrogen and oxygen atoms in total. The zero-order chi connectivity index (χ0) is 16.7. The molecule has 1 amide bonds. The van der Waals surface area contributed by atoms with Gasteiger partial charge in [-0.25, -0.2) is 4.79 Å². The van der Waals surface area contributed by atoms with Gasteiger partial charge in [-0.2, -0.15) is 0 Å². The van der Waals surface area contributed by atoms with Crippen LogP contribution < -0.4 is 5.32 Å². The maximum absolute atomic E-state index is 11.9. The number of hydrogen-bond acceptors (Lipinski definition) is 3. The summed E-state index contributed by atoms with van der Waals surface area (Å²) in [6.45, 7) is 0.0857. The lowest BCUT2D eigenvalue weighted by Crippen LogP contribution is -2.30. The van der Waals surface area contributed by atoms with Crippen LogP contribution >= 0.6 is 23.2 Å². The highest BCUT2D eigenvalue weighted by Gasteiger charge is 2.17. The Bertz CT molecular complexity index is 669. The van der Waals surface area contributed by atoms with E-state index in [1.54, 1.807) is 6.07 Å². The fourth-order valence-electron chi connectivity index (χ4n) is 1.94. The molecule has 0 aliphatic heterocycles. The number of esters is 1. The maximum Gasteiger partial charge on any atom is 0.341 e. The number of carbonyl (C=O) groups excluding carboxylic acids is 2. The first kappa shape index (κ1) is 17.3. The normalized spacial score (nSPS) is 10.2. The van der Waals surface area contributed by atoms with Gasteiger partial charge in [0.2, 0.25) is 0 Å². The molecule has 0 aromatic heterocycles. The molecule has 0 fully saturated rings. The Morgan fingerprint density at radius 1 is 0.957 bits per heavy atom. The second kappa shape index (κ2) is 8.56. The highest BCUT2D eigenvalue weighted by atomic mass is 35.5. The zero-order valence-corrected chi connectivity index (χ0v) is 13.7. The number of halogens is 2. The van der Waals surface area contributed by atoms with E-state index in [1.165, 1.54) is 12.1 Å². The highest BCUT2D eigenvalue weighted by Crippen LogP contribution is 2.24. The fourth-order valence-corrected chi connectivity index (χ4v) is 2.49. The van der Waals surface area contributed by atoms with Crippen LogP contribution in [0.2, 0.25) is 10.0 Å². The molecule has 2 aromatic carbocycles. The van der Waals surface area contributed by atoms with Gasteiger partial charge in [-0.15, -0.1) is 0 Å². The first-order valence-corrected chi connectivity index (χ1v) is 7.75. The Hall–Kier alpha value is -2.04. The molecule has 2 rings (SSSR count). The van der Waals surface area contributed by atoms with Crippen LogP contribution in [0.25, 0.3) is 0 Å². The van der Waals surface area contributed by atoms with E-state index in [9.17, 15) is 9.59 Å². The lowest BCUT2D eigenvalue weighted by Gasteiger charge is -2.08. The van der Waals surface area contributed by atoms with Crippen LogP contribution in [0.1, 0.15) is 15.9 Å². The average molecular weight is 352 g/mol. The van der Waals surface area contributed by atoms with Gasteiger partial charge in [0.15, 0.2) is 6.61 Å². The quantitative estimate of drug-likeness (QED) is 0.810. The zero-order valence-electron chi connectivity index (χ0n) is 12.2. The van der Waals surface area contributed by atoms with Crippen molar-refractivity contribution in [1.29, 1.82) is 0 Å². The predicted molar refractivity (Wildman–Crippen MR) is 89.9 cm³/mol. The number of hydrogen-bond donors (Lipinski definition) is 1. The fraction of sp³-hybridized carbons (Fsp3) is 0.176. The van der Waals surface area contributed by atoms with E-state index in [0.29, 0.717) is 13.0 Å². The number of carbonyl (C=O) groups is 2. The van der Waals surface area contributed by atoms with Crippen molar-refractivity contribution in [2.75, 3.05) is 13.2 Å². The molecule has 0 bridgehead atoms. The number of amides is 1. The van der Waals surface area contributed by atoms with Crippen molar-refractivity contribution in [2.45, 2.75) is 6.42 Å². The minimum atomic E-state index is -0.723. The monoisotopic (exact) mass is 351 g/mol. The van der Waals surface area contributed by atoms with Gasteiger partial charge in [-0.05, 0) is 24.1 Å². The molecule has 0 saturated carbocycles. The van der Waals surface area contributed by atoms with Crippen LogP contribution in [0.3, 0.4) is 0 Å². The van der Waals surface area contributed by atoms with Crippen molar-refractivity contribution in [2.24, 2.45) is 0 Å². The van der Waals surface area contributed by atoms with E-state index in [2.05, 4.69) is 5.32 Å². The van der Waals surface area contributed by atoms with Crippen molar-refractivity contribution < 1.29 is 14.3 Å². The number of rotatable bonds is 6. The summed E-state index contributed by atoms with van der Waals surface area (Å²) in [5, 5.41) is 3.06. The molecule has 0 aliphatic carbocycles. The van der Waals surface area contributed by atoms with Crippen molar-refractivity contribution in [3.8, 4) is 0 Å². The summed E-state index contributed by atoms with van der Waals surface area (Å²) >= 11 is 11.8. The molecule has 0 heterocycles. The first-order valence-electron chi connectivity index (χ1n) is 6.99. The summed E-state index contributed by atoms with van der Waals surface area (Å²) in [6.07, 6.45) is 0.705. The largest absolute Gasteiger partial charge is 0.452 e. The minimum absolute atomic E-state index is 0.0629. The number of benzene rings is 2. The van der Waals surface area contributed by atoms with Gasteiger partial charge in [-0.3, -0.25) is 4.79 Å². The standard InChI is InChI=1S/C17H15Cl2NO3/c18-13-7-4-8-14(19)16(13)17(22)23-11-15(21)20-10-9-12-5-2-1-3-6-12/h1-8H,9-11H2,(H,20,21). The Balaban J connectivity index is 1.77. The third-order valence-corrected chi connectivity index (χ3v) is 3.71. The average Bonchev–Trinajstić information content (AvgIpc) is 2.54. The van der Waals surface area contributed by atoms with Crippen molar-refractivity contribution in [3.05, 3.63) is 69.7 Å². The summed E-state index contributed by atoms with van der Waals surface area (Å²) in [5.41, 5.74) is 1.18. The molecule has 0 radical (unpaired) electrons. The smallest absolute Gasteiger partial charge is 0.341 e. The Morgan fingerprint density at radius 3 is 2.26 bits per heavy atom. The maximum atomic E-state index is 11.9. The van der Waals surface area contributed by atoms with Crippen molar-refractivity contribution in [1.82, 2.24) is 5.32 Å². The second-order valence-corrected chi connectivity index (χ2v) is 5.57. The Morgan fingerprint density at radius 2 is 1.61 bits per heavy atom. The molecule has 0 aliphatic rings. The third kappa shape index (κ3) is 5.27. The summed E-state index contributed by atoms with van der Waals surface area (Å²) in [5.74, 6) is -1.10. The van der Waals surface area contributed by atoms with Gasteiger partial charge in [0, 0.05) is 6.54 Å². The van der Waals surface area contributed by atoms with Crippen LogP contribution in [0.4, 0.5) is 0 Å². The van der Waals surface area contributed by atoms with Crippen molar-refractivity contribution in [3.63, 3.8) is 0 Å².